The normalized spacial score (nSPS) is 10.4. The van der Waals surface area contributed by atoms with Crippen LogP contribution in [0.25, 0.3) is 0 Å². The third-order valence-corrected chi connectivity index (χ3v) is 3.02. The molecule has 0 saturated heterocycles. The lowest BCUT2D eigenvalue weighted by Gasteiger charge is -2.31. The van der Waals surface area contributed by atoms with Crippen molar-refractivity contribution in [2.75, 3.05) is 23.8 Å². The number of aromatic nitrogens is 1. The number of hydrogen-bond acceptors (Lipinski definition) is 5. The molecule has 5 nitrogen and oxygen atoms in total. The molecule has 1 aromatic rings. The highest BCUT2D eigenvalue weighted by molar-refractivity contribution is 5.65. The Labute approximate surface area is 108 Å². The van der Waals surface area contributed by atoms with Crippen molar-refractivity contribution in [2.24, 2.45) is 0 Å². The van der Waals surface area contributed by atoms with E-state index < -0.39 is 0 Å². The van der Waals surface area contributed by atoms with E-state index in [2.05, 4.69) is 18.8 Å². The van der Waals surface area contributed by atoms with Crippen molar-refractivity contribution in [1.29, 1.82) is 5.26 Å². The summed E-state index contributed by atoms with van der Waals surface area (Å²) in [5, 5.41) is 18.0. The highest BCUT2D eigenvalue weighted by Crippen LogP contribution is 2.24. The molecule has 0 spiro atoms. The molecule has 0 fully saturated rings. The molecule has 1 heterocycles. The van der Waals surface area contributed by atoms with Gasteiger partial charge in [-0.25, -0.2) is 4.98 Å². The second-order valence-corrected chi connectivity index (χ2v) is 4.14. The van der Waals surface area contributed by atoms with E-state index in [0.29, 0.717) is 29.7 Å². The molecule has 0 saturated carbocycles. The highest BCUT2D eigenvalue weighted by Gasteiger charge is 2.18. The van der Waals surface area contributed by atoms with E-state index in [1.807, 2.05) is 11.0 Å². The van der Waals surface area contributed by atoms with E-state index in [0.717, 1.165) is 12.8 Å². The summed E-state index contributed by atoms with van der Waals surface area (Å²) in [4.78, 5) is 6.26. The third-order valence-electron chi connectivity index (χ3n) is 3.02. The van der Waals surface area contributed by atoms with E-state index in [-0.39, 0.29) is 6.61 Å². The number of nitrogen functional groups attached to an aromatic ring is 1. The average molecular weight is 248 g/mol. The predicted octanol–water partition coefficient (Wildman–Crippen LogP) is 1.52. The molecule has 1 aromatic heterocycles. The quantitative estimate of drug-likeness (QED) is 0.797. The fourth-order valence-corrected chi connectivity index (χ4v) is 2.07. The van der Waals surface area contributed by atoms with Crippen molar-refractivity contribution in [1.82, 2.24) is 4.98 Å². The number of nitriles is 1. The zero-order valence-electron chi connectivity index (χ0n) is 10.9. The number of aliphatic hydroxyl groups excluding tert-OH is 1. The SMILES string of the molecule is CCC(CC)N(CCO)c1ncc(C#N)cc1N. The lowest BCUT2D eigenvalue weighted by Crippen LogP contribution is -2.37. The van der Waals surface area contributed by atoms with Gasteiger partial charge in [0.25, 0.3) is 0 Å². The van der Waals surface area contributed by atoms with Crippen LogP contribution >= 0.6 is 0 Å². The van der Waals surface area contributed by atoms with E-state index in [9.17, 15) is 0 Å². The molecular formula is C13H20N4O. The largest absolute Gasteiger partial charge is 0.396 e. The van der Waals surface area contributed by atoms with Crippen LogP contribution in [0.15, 0.2) is 12.3 Å². The Morgan fingerprint density at radius 1 is 1.50 bits per heavy atom. The van der Waals surface area contributed by atoms with Gasteiger partial charge < -0.3 is 15.7 Å². The lowest BCUT2D eigenvalue weighted by atomic mass is 10.1. The van der Waals surface area contributed by atoms with E-state index in [4.69, 9.17) is 16.1 Å². The van der Waals surface area contributed by atoms with Gasteiger partial charge in [0.15, 0.2) is 5.82 Å². The summed E-state index contributed by atoms with van der Waals surface area (Å²) in [6.45, 7) is 4.74. The smallest absolute Gasteiger partial charge is 0.152 e. The van der Waals surface area contributed by atoms with Gasteiger partial charge in [0, 0.05) is 18.8 Å². The van der Waals surface area contributed by atoms with E-state index in [1.54, 1.807) is 6.07 Å². The van der Waals surface area contributed by atoms with Crippen LogP contribution < -0.4 is 10.6 Å². The first-order valence-electron chi connectivity index (χ1n) is 6.21. The number of hydrogen-bond donors (Lipinski definition) is 2. The molecule has 0 aliphatic heterocycles. The van der Waals surface area contributed by atoms with Gasteiger partial charge in [-0.2, -0.15) is 5.26 Å². The molecule has 0 aliphatic rings. The summed E-state index contributed by atoms with van der Waals surface area (Å²) in [5.41, 5.74) is 6.87. The van der Waals surface area contributed by atoms with Gasteiger partial charge in [-0.3, -0.25) is 0 Å². The fraction of sp³-hybridized carbons (Fsp3) is 0.538. The summed E-state index contributed by atoms with van der Waals surface area (Å²) >= 11 is 0. The molecule has 1 rings (SSSR count). The zero-order chi connectivity index (χ0) is 13.5. The van der Waals surface area contributed by atoms with Crippen LogP contribution in [-0.2, 0) is 0 Å². The Morgan fingerprint density at radius 3 is 2.61 bits per heavy atom. The monoisotopic (exact) mass is 248 g/mol. The van der Waals surface area contributed by atoms with Crippen LogP contribution in [0, 0.1) is 11.3 Å². The lowest BCUT2D eigenvalue weighted by molar-refractivity contribution is 0.295. The topological polar surface area (TPSA) is 86.2 Å². The Kier molecular flexibility index (Phi) is 5.40. The highest BCUT2D eigenvalue weighted by atomic mass is 16.3. The van der Waals surface area contributed by atoms with Crippen LogP contribution in [0.5, 0.6) is 0 Å². The van der Waals surface area contributed by atoms with Gasteiger partial charge in [-0.05, 0) is 18.9 Å². The van der Waals surface area contributed by atoms with Crippen LogP contribution in [-0.4, -0.2) is 29.3 Å². The molecule has 98 valence electrons. The minimum absolute atomic E-state index is 0.0532. The molecule has 0 atom stereocenters. The Hall–Kier alpha value is -1.80. The van der Waals surface area contributed by atoms with Crippen molar-refractivity contribution in [3.63, 3.8) is 0 Å². The molecule has 18 heavy (non-hydrogen) atoms. The Bertz CT molecular complexity index is 423. The maximum absolute atomic E-state index is 9.17. The molecule has 0 radical (unpaired) electrons. The van der Waals surface area contributed by atoms with Gasteiger partial charge in [0.1, 0.15) is 6.07 Å². The van der Waals surface area contributed by atoms with E-state index >= 15 is 0 Å². The van der Waals surface area contributed by atoms with Gasteiger partial charge in [-0.15, -0.1) is 0 Å². The van der Waals surface area contributed by atoms with Crippen molar-refractivity contribution in [3.05, 3.63) is 17.8 Å². The third kappa shape index (κ3) is 3.11. The van der Waals surface area contributed by atoms with Gasteiger partial charge in [0.05, 0.1) is 17.9 Å². The predicted molar refractivity (Wildman–Crippen MR) is 72.2 cm³/mol. The Balaban J connectivity index is 3.09. The average Bonchev–Trinajstić information content (AvgIpc) is 2.39. The van der Waals surface area contributed by atoms with Crippen LogP contribution in [0.1, 0.15) is 32.3 Å². The number of rotatable bonds is 6. The number of nitrogens with two attached hydrogens (primary N) is 1. The molecule has 0 amide bonds. The van der Waals surface area contributed by atoms with E-state index in [1.165, 1.54) is 6.20 Å². The maximum Gasteiger partial charge on any atom is 0.152 e. The number of aliphatic hydroxyl groups is 1. The number of pyridine rings is 1. The van der Waals surface area contributed by atoms with Crippen molar-refractivity contribution in [3.8, 4) is 6.07 Å². The number of anilines is 2. The van der Waals surface area contributed by atoms with Crippen molar-refractivity contribution in [2.45, 2.75) is 32.7 Å². The minimum Gasteiger partial charge on any atom is -0.396 e. The molecule has 3 N–H and O–H groups in total. The van der Waals surface area contributed by atoms with Gasteiger partial charge >= 0.3 is 0 Å². The second kappa shape index (κ2) is 6.82. The first kappa shape index (κ1) is 14.3. The van der Waals surface area contributed by atoms with Crippen LogP contribution in [0.4, 0.5) is 11.5 Å². The van der Waals surface area contributed by atoms with Crippen LogP contribution in [0.2, 0.25) is 0 Å². The summed E-state index contributed by atoms with van der Waals surface area (Å²) in [5.74, 6) is 0.650. The first-order chi connectivity index (χ1) is 8.67. The van der Waals surface area contributed by atoms with Crippen molar-refractivity contribution < 1.29 is 5.11 Å². The Morgan fingerprint density at radius 2 is 2.17 bits per heavy atom. The summed E-state index contributed by atoms with van der Waals surface area (Å²) in [7, 11) is 0. The molecule has 0 bridgehead atoms. The maximum atomic E-state index is 9.17. The fourth-order valence-electron chi connectivity index (χ4n) is 2.07. The first-order valence-corrected chi connectivity index (χ1v) is 6.21. The summed E-state index contributed by atoms with van der Waals surface area (Å²) in [6, 6.07) is 3.92. The number of nitrogens with zero attached hydrogens (tertiary/aromatic N) is 3. The van der Waals surface area contributed by atoms with Gasteiger partial charge in [0.2, 0.25) is 0 Å². The standard InChI is InChI=1S/C13H20N4O/c1-3-11(4-2)17(5-6-18)13-12(15)7-10(8-14)9-16-13/h7,9,11,18H,3-6,15H2,1-2H3. The zero-order valence-corrected chi connectivity index (χ0v) is 10.9. The second-order valence-electron chi connectivity index (χ2n) is 4.14. The molecule has 5 heteroatoms. The minimum atomic E-state index is 0.0532. The molecular weight excluding hydrogens is 228 g/mol. The summed E-state index contributed by atoms with van der Waals surface area (Å²) in [6.07, 6.45) is 3.42. The molecule has 0 aromatic carbocycles. The molecule has 0 aliphatic carbocycles. The van der Waals surface area contributed by atoms with Gasteiger partial charge in [-0.1, -0.05) is 13.8 Å². The van der Waals surface area contributed by atoms with Crippen LogP contribution in [0.3, 0.4) is 0 Å². The summed E-state index contributed by atoms with van der Waals surface area (Å²) < 4.78 is 0. The van der Waals surface area contributed by atoms with Crippen molar-refractivity contribution >= 4 is 11.5 Å². The molecule has 0 unspecified atom stereocenters.